The van der Waals surface area contributed by atoms with E-state index in [0.29, 0.717) is 26.7 Å². The number of anilines is 1. The van der Waals surface area contributed by atoms with Crippen molar-refractivity contribution >= 4 is 46.6 Å². The van der Waals surface area contributed by atoms with Crippen LogP contribution in [0.15, 0.2) is 53.7 Å². The zero-order valence-electron chi connectivity index (χ0n) is 13.7. The van der Waals surface area contributed by atoms with Crippen molar-refractivity contribution in [2.45, 2.75) is 17.3 Å². The SMILES string of the molecule is Cc1nnc(S[C@@H](C(=O)Nc2cc(Cl)cc(Cl)c2)c2ccccc2)n1N. The first-order chi connectivity index (χ1) is 12.4. The Balaban J connectivity index is 1.89. The highest BCUT2D eigenvalue weighted by Gasteiger charge is 2.25. The molecule has 3 rings (SSSR count). The second-order valence-corrected chi connectivity index (χ2v) is 7.40. The van der Waals surface area contributed by atoms with Crippen LogP contribution in [0.25, 0.3) is 0 Å². The van der Waals surface area contributed by atoms with Crippen LogP contribution in [0, 0.1) is 6.92 Å². The molecule has 0 aliphatic heterocycles. The van der Waals surface area contributed by atoms with Gasteiger partial charge in [-0.2, -0.15) is 0 Å². The summed E-state index contributed by atoms with van der Waals surface area (Å²) >= 11 is 13.2. The fourth-order valence-corrected chi connectivity index (χ4v) is 3.80. The maximum atomic E-state index is 12.9. The van der Waals surface area contributed by atoms with Crippen LogP contribution in [0.1, 0.15) is 16.6 Å². The molecule has 26 heavy (non-hydrogen) atoms. The zero-order chi connectivity index (χ0) is 18.7. The highest BCUT2D eigenvalue weighted by atomic mass is 35.5. The van der Waals surface area contributed by atoms with E-state index in [1.165, 1.54) is 16.4 Å². The zero-order valence-corrected chi connectivity index (χ0v) is 16.0. The Hall–Kier alpha value is -2.22. The van der Waals surface area contributed by atoms with Gasteiger partial charge in [-0.05, 0) is 30.7 Å². The third-order valence-electron chi connectivity index (χ3n) is 3.53. The third kappa shape index (κ3) is 4.30. The van der Waals surface area contributed by atoms with Gasteiger partial charge in [0.1, 0.15) is 11.1 Å². The van der Waals surface area contributed by atoms with Crippen LogP contribution < -0.4 is 11.2 Å². The Morgan fingerprint density at radius 3 is 2.38 bits per heavy atom. The molecular weight excluding hydrogens is 393 g/mol. The first-order valence-electron chi connectivity index (χ1n) is 7.59. The van der Waals surface area contributed by atoms with Gasteiger partial charge in [0.25, 0.3) is 0 Å². The standard InChI is InChI=1S/C17H15Cl2N5OS/c1-10-22-23-17(24(10)20)26-15(11-5-3-2-4-6-11)16(25)21-14-8-12(18)7-13(19)9-14/h2-9,15H,20H2,1H3,(H,21,25)/t15-/m1/s1. The molecule has 0 fully saturated rings. The molecule has 0 spiro atoms. The molecule has 2 aromatic carbocycles. The van der Waals surface area contributed by atoms with Crippen molar-refractivity contribution in [1.82, 2.24) is 14.9 Å². The van der Waals surface area contributed by atoms with Crippen molar-refractivity contribution in [3.63, 3.8) is 0 Å². The molecule has 1 atom stereocenters. The highest BCUT2D eigenvalue weighted by Crippen LogP contribution is 2.35. The van der Waals surface area contributed by atoms with Crippen molar-refractivity contribution in [2.75, 3.05) is 11.2 Å². The number of nitrogen functional groups attached to an aromatic ring is 1. The van der Waals surface area contributed by atoms with E-state index in [4.69, 9.17) is 29.0 Å². The van der Waals surface area contributed by atoms with Gasteiger partial charge in [0.2, 0.25) is 11.1 Å². The average Bonchev–Trinajstić information content (AvgIpc) is 2.91. The van der Waals surface area contributed by atoms with Crippen LogP contribution in [0.5, 0.6) is 0 Å². The van der Waals surface area contributed by atoms with Gasteiger partial charge in [0, 0.05) is 15.7 Å². The van der Waals surface area contributed by atoms with Crippen molar-refractivity contribution < 1.29 is 4.79 Å². The minimum Gasteiger partial charge on any atom is -0.336 e. The maximum Gasteiger partial charge on any atom is 0.242 e. The predicted molar refractivity (Wildman–Crippen MR) is 105 cm³/mol. The first kappa shape index (κ1) is 18.6. The smallest absolute Gasteiger partial charge is 0.242 e. The van der Waals surface area contributed by atoms with Gasteiger partial charge in [0.05, 0.1) is 0 Å². The van der Waals surface area contributed by atoms with Crippen LogP contribution in [0.4, 0.5) is 5.69 Å². The summed E-state index contributed by atoms with van der Waals surface area (Å²) < 4.78 is 1.35. The number of nitrogens with one attached hydrogen (secondary N) is 1. The molecule has 6 nitrogen and oxygen atoms in total. The molecule has 0 aliphatic carbocycles. The Morgan fingerprint density at radius 2 is 1.81 bits per heavy atom. The van der Waals surface area contributed by atoms with Gasteiger partial charge in [-0.25, -0.2) is 4.68 Å². The summed E-state index contributed by atoms with van der Waals surface area (Å²) in [5, 5.41) is 11.5. The van der Waals surface area contributed by atoms with Crippen LogP contribution in [-0.2, 0) is 4.79 Å². The number of hydrogen-bond acceptors (Lipinski definition) is 5. The Labute approximate surface area is 164 Å². The number of thioether (sulfide) groups is 1. The van der Waals surface area contributed by atoms with Gasteiger partial charge in [-0.1, -0.05) is 65.3 Å². The lowest BCUT2D eigenvalue weighted by molar-refractivity contribution is -0.115. The second kappa shape index (κ2) is 7.99. The van der Waals surface area contributed by atoms with Crippen molar-refractivity contribution in [3.05, 3.63) is 70.0 Å². The van der Waals surface area contributed by atoms with Gasteiger partial charge in [-0.15, -0.1) is 10.2 Å². The number of carbonyl (C=O) groups excluding carboxylic acids is 1. The molecular formula is C17H15Cl2N5OS. The molecule has 0 radical (unpaired) electrons. The topological polar surface area (TPSA) is 85.8 Å². The molecule has 3 N–H and O–H groups in total. The molecule has 9 heteroatoms. The lowest BCUT2D eigenvalue weighted by Gasteiger charge is -2.16. The van der Waals surface area contributed by atoms with Gasteiger partial charge >= 0.3 is 0 Å². The molecule has 1 amide bonds. The summed E-state index contributed by atoms with van der Waals surface area (Å²) in [5.41, 5.74) is 1.32. The predicted octanol–water partition coefficient (Wildman–Crippen LogP) is 4.08. The molecule has 0 bridgehead atoms. The third-order valence-corrected chi connectivity index (χ3v) is 5.18. The fraction of sp³-hybridized carbons (Fsp3) is 0.118. The summed E-state index contributed by atoms with van der Waals surface area (Å²) in [5.74, 6) is 6.23. The minimum absolute atomic E-state index is 0.250. The number of hydrogen-bond donors (Lipinski definition) is 2. The molecule has 0 saturated carbocycles. The number of nitrogens with two attached hydrogens (primary N) is 1. The summed E-state index contributed by atoms with van der Waals surface area (Å²) in [6.07, 6.45) is 0. The molecule has 3 aromatic rings. The molecule has 134 valence electrons. The number of aryl methyl sites for hydroxylation is 1. The van der Waals surface area contributed by atoms with E-state index in [2.05, 4.69) is 15.5 Å². The number of benzene rings is 2. The number of aromatic nitrogens is 3. The Kier molecular flexibility index (Phi) is 5.70. The van der Waals surface area contributed by atoms with E-state index < -0.39 is 5.25 Å². The van der Waals surface area contributed by atoms with Crippen molar-refractivity contribution in [3.8, 4) is 0 Å². The Bertz CT molecular complexity index is 912. The average molecular weight is 408 g/mol. The molecule has 0 unspecified atom stereocenters. The summed E-state index contributed by atoms with van der Waals surface area (Å²) in [6, 6.07) is 14.2. The second-order valence-electron chi connectivity index (χ2n) is 5.46. The largest absolute Gasteiger partial charge is 0.336 e. The summed E-state index contributed by atoms with van der Waals surface area (Å²) in [7, 11) is 0. The maximum absolute atomic E-state index is 12.9. The number of nitrogens with zero attached hydrogens (tertiary/aromatic N) is 3. The highest BCUT2D eigenvalue weighted by molar-refractivity contribution is 8.00. The van der Waals surface area contributed by atoms with E-state index in [9.17, 15) is 4.79 Å². The monoisotopic (exact) mass is 407 g/mol. The first-order valence-corrected chi connectivity index (χ1v) is 9.23. The minimum atomic E-state index is -0.583. The van der Waals surface area contributed by atoms with E-state index in [1.807, 2.05) is 30.3 Å². The fourth-order valence-electron chi connectivity index (χ4n) is 2.27. The summed E-state index contributed by atoms with van der Waals surface area (Å²) in [6.45, 7) is 1.74. The van der Waals surface area contributed by atoms with E-state index in [-0.39, 0.29) is 5.91 Å². The van der Waals surface area contributed by atoms with Crippen molar-refractivity contribution in [1.29, 1.82) is 0 Å². The quantitative estimate of drug-likeness (QED) is 0.491. The van der Waals surface area contributed by atoms with E-state index in [0.717, 1.165) is 5.56 Å². The van der Waals surface area contributed by atoms with Crippen molar-refractivity contribution in [2.24, 2.45) is 0 Å². The van der Waals surface area contributed by atoms with Crippen LogP contribution in [-0.4, -0.2) is 20.8 Å². The van der Waals surface area contributed by atoms with E-state index in [1.54, 1.807) is 25.1 Å². The molecule has 0 aliphatic rings. The van der Waals surface area contributed by atoms with Gasteiger partial charge < -0.3 is 11.2 Å². The number of halogens is 2. The van der Waals surface area contributed by atoms with Crippen LogP contribution in [0.3, 0.4) is 0 Å². The van der Waals surface area contributed by atoms with Gasteiger partial charge in [-0.3, -0.25) is 4.79 Å². The number of rotatable bonds is 5. The van der Waals surface area contributed by atoms with Gasteiger partial charge in [0.15, 0.2) is 0 Å². The lowest BCUT2D eigenvalue weighted by Crippen LogP contribution is -2.20. The summed E-state index contributed by atoms with van der Waals surface area (Å²) in [4.78, 5) is 12.9. The number of carbonyl (C=O) groups is 1. The molecule has 1 aromatic heterocycles. The molecule has 0 saturated heterocycles. The Morgan fingerprint density at radius 1 is 1.15 bits per heavy atom. The number of amides is 1. The van der Waals surface area contributed by atoms with E-state index >= 15 is 0 Å². The van der Waals surface area contributed by atoms with Crippen LogP contribution >= 0.6 is 35.0 Å². The lowest BCUT2D eigenvalue weighted by atomic mass is 10.1. The normalized spacial score (nSPS) is 12.0. The van der Waals surface area contributed by atoms with Crippen LogP contribution in [0.2, 0.25) is 10.0 Å². The molecule has 1 heterocycles.